The van der Waals surface area contributed by atoms with Gasteiger partial charge in [0.1, 0.15) is 0 Å². The van der Waals surface area contributed by atoms with Gasteiger partial charge in [-0.25, -0.2) is 0 Å². The summed E-state index contributed by atoms with van der Waals surface area (Å²) in [6, 6.07) is 10.7. The van der Waals surface area contributed by atoms with E-state index in [-0.39, 0.29) is 0 Å². The van der Waals surface area contributed by atoms with Crippen molar-refractivity contribution in [1.29, 1.82) is 0 Å². The van der Waals surface area contributed by atoms with Crippen molar-refractivity contribution in [1.82, 2.24) is 4.90 Å². The minimum absolute atomic E-state index is 0.357. The molecule has 2 aliphatic rings. The zero-order chi connectivity index (χ0) is 16.4. The smallest absolute Gasteiger partial charge is 0.311 e. The second kappa shape index (κ2) is 6.64. The van der Waals surface area contributed by atoms with Crippen LogP contribution in [-0.4, -0.2) is 35.6 Å². The quantitative estimate of drug-likeness (QED) is 0.862. The van der Waals surface area contributed by atoms with Crippen molar-refractivity contribution >= 4 is 5.97 Å². The summed E-state index contributed by atoms with van der Waals surface area (Å²) < 4.78 is 0. The van der Waals surface area contributed by atoms with Crippen LogP contribution in [0.4, 0.5) is 0 Å². The Bertz CT molecular complexity index is 542. The van der Waals surface area contributed by atoms with Crippen molar-refractivity contribution in [3.8, 4) is 0 Å². The van der Waals surface area contributed by atoms with E-state index in [1.54, 1.807) is 0 Å². The minimum atomic E-state index is -0.567. The summed E-state index contributed by atoms with van der Waals surface area (Å²) in [6.45, 7) is 7.25. The summed E-state index contributed by atoms with van der Waals surface area (Å²) >= 11 is 0. The van der Waals surface area contributed by atoms with E-state index in [1.807, 2.05) is 0 Å². The molecule has 0 spiro atoms. The number of fused-ring (bicyclic) bond motifs is 1. The van der Waals surface area contributed by atoms with Crippen molar-refractivity contribution in [2.24, 2.45) is 17.3 Å². The average molecular weight is 315 g/mol. The molecule has 2 fully saturated rings. The fourth-order valence-electron chi connectivity index (χ4n) is 4.80. The first-order valence-corrected chi connectivity index (χ1v) is 9.02. The lowest BCUT2D eigenvalue weighted by molar-refractivity contribution is -0.149. The lowest BCUT2D eigenvalue weighted by Gasteiger charge is -2.27. The first kappa shape index (κ1) is 16.5. The maximum atomic E-state index is 11.9. The minimum Gasteiger partial charge on any atom is -0.481 e. The molecule has 1 heterocycles. The number of carboxylic acids is 1. The summed E-state index contributed by atoms with van der Waals surface area (Å²) in [4.78, 5) is 14.3. The third-order valence-corrected chi connectivity index (χ3v) is 5.87. The molecule has 3 nitrogen and oxygen atoms in total. The van der Waals surface area contributed by atoms with E-state index in [9.17, 15) is 9.90 Å². The number of benzene rings is 1. The van der Waals surface area contributed by atoms with Crippen molar-refractivity contribution in [3.63, 3.8) is 0 Å². The van der Waals surface area contributed by atoms with Gasteiger partial charge in [-0.3, -0.25) is 4.79 Å². The lowest BCUT2D eigenvalue weighted by Crippen LogP contribution is -2.36. The summed E-state index contributed by atoms with van der Waals surface area (Å²) in [5, 5.41) is 9.76. The highest BCUT2D eigenvalue weighted by Crippen LogP contribution is 2.49. The molecule has 1 unspecified atom stereocenters. The number of likely N-dealkylation sites (tertiary alicyclic amines) is 1. The van der Waals surface area contributed by atoms with Gasteiger partial charge in [-0.05, 0) is 42.6 Å². The van der Waals surface area contributed by atoms with Crippen LogP contribution in [0.5, 0.6) is 0 Å². The van der Waals surface area contributed by atoms with Crippen LogP contribution in [0.1, 0.15) is 51.0 Å². The lowest BCUT2D eigenvalue weighted by atomic mass is 9.81. The van der Waals surface area contributed by atoms with Gasteiger partial charge in [0.05, 0.1) is 5.41 Å². The summed E-state index contributed by atoms with van der Waals surface area (Å²) in [6.07, 6.45) is 4.19. The number of hydrogen-bond acceptors (Lipinski definition) is 2. The molecule has 0 amide bonds. The Morgan fingerprint density at radius 2 is 2.09 bits per heavy atom. The van der Waals surface area contributed by atoms with E-state index in [0.717, 1.165) is 45.3 Å². The van der Waals surface area contributed by atoms with Gasteiger partial charge in [0, 0.05) is 19.6 Å². The van der Waals surface area contributed by atoms with Crippen LogP contribution < -0.4 is 0 Å². The van der Waals surface area contributed by atoms with E-state index >= 15 is 0 Å². The van der Waals surface area contributed by atoms with E-state index in [2.05, 4.69) is 49.1 Å². The molecule has 126 valence electrons. The van der Waals surface area contributed by atoms with E-state index in [0.29, 0.717) is 17.8 Å². The van der Waals surface area contributed by atoms with Crippen molar-refractivity contribution < 1.29 is 9.90 Å². The molecule has 3 rings (SSSR count). The summed E-state index contributed by atoms with van der Waals surface area (Å²) in [5.41, 5.74) is 0.932. The van der Waals surface area contributed by atoms with Gasteiger partial charge < -0.3 is 10.0 Å². The van der Waals surface area contributed by atoms with Crippen molar-refractivity contribution in [3.05, 3.63) is 35.9 Å². The molecule has 0 bridgehead atoms. The molecule has 1 aromatic carbocycles. The van der Waals surface area contributed by atoms with E-state index in [1.165, 1.54) is 5.56 Å². The number of nitrogens with zero attached hydrogens (tertiary/aromatic N) is 1. The Labute approximate surface area is 139 Å². The molecule has 0 aromatic heterocycles. The van der Waals surface area contributed by atoms with Crippen LogP contribution in [0.3, 0.4) is 0 Å². The Balaban J connectivity index is 1.73. The van der Waals surface area contributed by atoms with Crippen molar-refractivity contribution in [2.75, 3.05) is 19.6 Å². The van der Waals surface area contributed by atoms with Crippen LogP contribution in [-0.2, 0) is 4.79 Å². The zero-order valence-electron chi connectivity index (χ0n) is 14.4. The highest BCUT2D eigenvalue weighted by Gasteiger charge is 2.54. The number of aliphatic carboxylic acids is 1. The van der Waals surface area contributed by atoms with Crippen LogP contribution in [0.25, 0.3) is 0 Å². The number of carboxylic acid groups (broad SMARTS) is 1. The summed E-state index contributed by atoms with van der Waals surface area (Å²) in [5.74, 6) is 0.940. The van der Waals surface area contributed by atoms with Gasteiger partial charge in [0.25, 0.3) is 0 Å². The molecule has 0 radical (unpaired) electrons. The predicted molar refractivity (Wildman–Crippen MR) is 92.5 cm³/mol. The normalized spacial score (nSPS) is 28.9. The van der Waals surface area contributed by atoms with Crippen LogP contribution in [0, 0.1) is 17.3 Å². The monoisotopic (exact) mass is 315 g/mol. The molecule has 1 saturated carbocycles. The molecule has 1 saturated heterocycles. The standard InChI is InChI=1S/C20H29NO2/c1-15(2)11-17(16-7-4-3-5-8-16)12-21-13-18-9-6-10-20(18,14-21)19(22)23/h3-5,7-8,15,17-18H,6,9-14H2,1-2H3,(H,22,23)/t17?,18-,20+/m0/s1. The highest BCUT2D eigenvalue weighted by atomic mass is 16.4. The molecular formula is C20H29NO2. The highest BCUT2D eigenvalue weighted by molar-refractivity contribution is 5.76. The fourth-order valence-corrected chi connectivity index (χ4v) is 4.80. The van der Waals surface area contributed by atoms with E-state index in [4.69, 9.17) is 0 Å². The summed E-state index contributed by atoms with van der Waals surface area (Å²) in [7, 11) is 0. The second-order valence-corrected chi connectivity index (χ2v) is 7.98. The Morgan fingerprint density at radius 3 is 2.70 bits per heavy atom. The maximum absolute atomic E-state index is 11.9. The third kappa shape index (κ3) is 3.30. The first-order valence-electron chi connectivity index (χ1n) is 9.02. The van der Waals surface area contributed by atoms with Gasteiger partial charge >= 0.3 is 5.97 Å². The molecule has 3 atom stereocenters. The number of rotatable bonds is 6. The number of hydrogen-bond donors (Lipinski definition) is 1. The molecule has 1 aliphatic carbocycles. The van der Waals surface area contributed by atoms with Crippen LogP contribution in [0.2, 0.25) is 0 Å². The Morgan fingerprint density at radius 1 is 1.35 bits per heavy atom. The van der Waals surface area contributed by atoms with Gasteiger partial charge in [-0.2, -0.15) is 0 Å². The average Bonchev–Trinajstić information content (AvgIpc) is 3.05. The fraction of sp³-hybridized carbons (Fsp3) is 0.650. The second-order valence-electron chi connectivity index (χ2n) is 7.98. The van der Waals surface area contributed by atoms with Crippen LogP contribution in [0.15, 0.2) is 30.3 Å². The third-order valence-electron chi connectivity index (χ3n) is 5.87. The molecule has 3 heteroatoms. The van der Waals surface area contributed by atoms with Gasteiger partial charge in [-0.1, -0.05) is 50.6 Å². The maximum Gasteiger partial charge on any atom is 0.311 e. The number of carbonyl (C=O) groups is 1. The van der Waals surface area contributed by atoms with Gasteiger partial charge in [0.2, 0.25) is 0 Å². The first-order chi connectivity index (χ1) is 11.0. The van der Waals surface area contributed by atoms with Crippen LogP contribution >= 0.6 is 0 Å². The molecule has 1 aromatic rings. The SMILES string of the molecule is CC(C)CC(CN1C[C@@H]2CCC[C@@]2(C(=O)O)C1)c1ccccc1. The van der Waals surface area contributed by atoms with Gasteiger partial charge in [0.15, 0.2) is 0 Å². The Hall–Kier alpha value is -1.35. The zero-order valence-corrected chi connectivity index (χ0v) is 14.4. The molecule has 1 N–H and O–H groups in total. The van der Waals surface area contributed by atoms with Crippen molar-refractivity contribution in [2.45, 2.75) is 45.4 Å². The molecular weight excluding hydrogens is 286 g/mol. The predicted octanol–water partition coefficient (Wildman–Crippen LogP) is 4.00. The largest absolute Gasteiger partial charge is 0.481 e. The molecule has 1 aliphatic heterocycles. The van der Waals surface area contributed by atoms with Gasteiger partial charge in [-0.15, -0.1) is 0 Å². The topological polar surface area (TPSA) is 40.5 Å². The van der Waals surface area contributed by atoms with E-state index < -0.39 is 11.4 Å². The Kier molecular flexibility index (Phi) is 4.77. The molecule has 23 heavy (non-hydrogen) atoms.